The van der Waals surface area contributed by atoms with E-state index in [1.165, 1.54) is 23.9 Å². The van der Waals surface area contributed by atoms with Gasteiger partial charge < -0.3 is 19.9 Å². The molecule has 3 heterocycles. The summed E-state index contributed by atoms with van der Waals surface area (Å²) >= 11 is 1.36. The van der Waals surface area contributed by atoms with Crippen LogP contribution in [0.5, 0.6) is 11.5 Å². The maximum absolute atomic E-state index is 15.0. The number of ether oxygens (including phenoxy) is 1. The largest absolute Gasteiger partial charge is 0.454 e. The summed E-state index contributed by atoms with van der Waals surface area (Å²) in [5, 5.41) is 6.98. The molecule has 0 saturated carbocycles. The maximum Gasteiger partial charge on any atom is 0.225 e. The summed E-state index contributed by atoms with van der Waals surface area (Å²) < 4.78 is 27.9. The van der Waals surface area contributed by atoms with Crippen LogP contribution in [0.3, 0.4) is 0 Å². The summed E-state index contributed by atoms with van der Waals surface area (Å²) in [5.41, 5.74) is 1.57. The molecule has 0 aliphatic rings. The van der Waals surface area contributed by atoms with Gasteiger partial charge in [-0.3, -0.25) is 4.79 Å². The summed E-state index contributed by atoms with van der Waals surface area (Å²) in [6.45, 7) is 6.62. The van der Waals surface area contributed by atoms with Gasteiger partial charge in [-0.05, 0) is 41.9 Å². The van der Waals surface area contributed by atoms with Crippen LogP contribution in [0, 0.1) is 11.2 Å². The number of carbonyl (C=O) groups is 1. The van der Waals surface area contributed by atoms with E-state index in [1.807, 2.05) is 49.7 Å². The van der Waals surface area contributed by atoms with Crippen LogP contribution in [0.25, 0.3) is 21.1 Å². The second kappa shape index (κ2) is 9.54. The number of hydrogen-bond donors (Lipinski definition) is 2. The first-order valence-electron chi connectivity index (χ1n) is 11.5. The van der Waals surface area contributed by atoms with Crippen LogP contribution in [0.15, 0.2) is 61.2 Å². The number of rotatable bonds is 7. The molecule has 36 heavy (non-hydrogen) atoms. The molecular formula is C26H25FN6O2S. The van der Waals surface area contributed by atoms with Gasteiger partial charge in [0.15, 0.2) is 17.4 Å². The van der Waals surface area contributed by atoms with E-state index in [2.05, 4.69) is 25.0 Å². The molecule has 2 aromatic carbocycles. The van der Waals surface area contributed by atoms with Gasteiger partial charge in [0.25, 0.3) is 0 Å². The predicted octanol–water partition coefficient (Wildman–Crippen LogP) is 5.88. The lowest BCUT2D eigenvalue weighted by Gasteiger charge is -2.18. The summed E-state index contributed by atoms with van der Waals surface area (Å²) in [5.74, 6) is 0.678. The number of nitrogens with zero attached hydrogens (tertiary/aromatic N) is 4. The smallest absolute Gasteiger partial charge is 0.225 e. The molecule has 10 heteroatoms. The number of nitrogens with one attached hydrogen (secondary N) is 2. The number of carbonyl (C=O) groups excluding carboxylic acids is 1. The van der Waals surface area contributed by atoms with Crippen molar-refractivity contribution in [3.05, 3.63) is 67.0 Å². The molecule has 3 aromatic heterocycles. The molecule has 0 aliphatic carbocycles. The highest BCUT2D eigenvalue weighted by molar-refractivity contribution is 7.13. The zero-order valence-corrected chi connectivity index (χ0v) is 20.9. The second-order valence-corrected chi connectivity index (χ2v) is 10.2. The maximum atomic E-state index is 15.0. The zero-order chi connectivity index (χ0) is 25.3. The first-order chi connectivity index (χ1) is 17.3. The molecule has 0 bridgehead atoms. The fraction of sp³-hybridized carbons (Fsp3) is 0.231. The van der Waals surface area contributed by atoms with Crippen LogP contribution in [0.1, 0.15) is 20.8 Å². The highest BCUT2D eigenvalue weighted by Gasteiger charge is 2.20. The Bertz CT molecular complexity index is 1560. The van der Waals surface area contributed by atoms with E-state index in [-0.39, 0.29) is 11.7 Å². The topological polar surface area (TPSA) is 94.0 Å². The summed E-state index contributed by atoms with van der Waals surface area (Å²) in [6, 6.07) is 12.1. The minimum Gasteiger partial charge on any atom is -0.454 e. The molecule has 5 rings (SSSR count). The molecule has 0 aliphatic heterocycles. The van der Waals surface area contributed by atoms with Gasteiger partial charge in [-0.1, -0.05) is 26.8 Å². The number of halogens is 1. The molecule has 184 valence electrons. The molecule has 0 fully saturated rings. The van der Waals surface area contributed by atoms with Gasteiger partial charge in [0.1, 0.15) is 17.6 Å². The number of benzene rings is 2. The van der Waals surface area contributed by atoms with Crippen LogP contribution in [-0.2, 0) is 11.3 Å². The van der Waals surface area contributed by atoms with Crippen LogP contribution >= 0.6 is 11.5 Å². The number of fused-ring (bicyclic) bond motifs is 2. The number of amides is 1. The first kappa shape index (κ1) is 23.7. The van der Waals surface area contributed by atoms with Crippen molar-refractivity contribution < 1.29 is 13.9 Å². The van der Waals surface area contributed by atoms with Gasteiger partial charge in [0.05, 0.1) is 21.8 Å². The Morgan fingerprint density at radius 1 is 1.14 bits per heavy atom. The number of aromatic nitrogens is 4. The average molecular weight is 505 g/mol. The molecule has 5 aromatic rings. The number of anilines is 2. The van der Waals surface area contributed by atoms with Crippen molar-refractivity contribution >= 4 is 50.1 Å². The lowest BCUT2D eigenvalue weighted by molar-refractivity contribution is -0.128. The molecular weight excluding hydrogens is 479 g/mol. The molecule has 0 atom stereocenters. The van der Waals surface area contributed by atoms with Gasteiger partial charge in [-0.15, -0.1) is 0 Å². The molecule has 0 spiro atoms. The van der Waals surface area contributed by atoms with Crippen molar-refractivity contribution in [1.29, 1.82) is 0 Å². The molecule has 8 nitrogen and oxygen atoms in total. The number of hydrogen-bond acceptors (Lipinski definition) is 7. The van der Waals surface area contributed by atoms with Crippen LogP contribution < -0.4 is 15.4 Å². The quantitative estimate of drug-likeness (QED) is 0.288. The average Bonchev–Trinajstić information content (AvgIpc) is 3.48. The minimum atomic E-state index is -0.509. The Morgan fingerprint density at radius 3 is 2.81 bits per heavy atom. The van der Waals surface area contributed by atoms with E-state index in [0.29, 0.717) is 30.3 Å². The molecule has 0 radical (unpaired) electrons. The fourth-order valence-electron chi connectivity index (χ4n) is 3.74. The highest BCUT2D eigenvalue weighted by Crippen LogP contribution is 2.34. The third kappa shape index (κ3) is 4.85. The summed E-state index contributed by atoms with van der Waals surface area (Å²) in [4.78, 5) is 20.9. The highest BCUT2D eigenvalue weighted by atomic mass is 32.1. The van der Waals surface area contributed by atoms with Gasteiger partial charge >= 0.3 is 0 Å². The van der Waals surface area contributed by atoms with Crippen molar-refractivity contribution in [2.75, 3.05) is 11.9 Å². The Labute approximate surface area is 211 Å². The molecule has 0 unspecified atom stereocenters. The molecule has 2 N–H and O–H groups in total. The molecule has 1 amide bonds. The summed E-state index contributed by atoms with van der Waals surface area (Å²) in [7, 11) is 0. The van der Waals surface area contributed by atoms with Crippen molar-refractivity contribution in [2.45, 2.75) is 27.3 Å². The van der Waals surface area contributed by atoms with E-state index in [9.17, 15) is 9.18 Å². The normalized spacial score (nSPS) is 11.7. The van der Waals surface area contributed by atoms with Crippen LogP contribution in [0.4, 0.5) is 15.9 Å². The van der Waals surface area contributed by atoms with Crippen molar-refractivity contribution in [3.63, 3.8) is 0 Å². The Hall–Kier alpha value is -4.05. The van der Waals surface area contributed by atoms with Gasteiger partial charge in [-0.25, -0.2) is 14.4 Å². The Balaban J connectivity index is 1.34. The first-order valence-corrected chi connectivity index (χ1v) is 12.2. The Morgan fingerprint density at radius 2 is 2.00 bits per heavy atom. The van der Waals surface area contributed by atoms with Crippen molar-refractivity contribution in [1.82, 2.24) is 24.2 Å². The predicted molar refractivity (Wildman–Crippen MR) is 139 cm³/mol. The van der Waals surface area contributed by atoms with Crippen molar-refractivity contribution in [2.24, 2.45) is 5.41 Å². The molecule has 0 saturated heterocycles. The van der Waals surface area contributed by atoms with Crippen LogP contribution in [-0.4, -0.2) is 31.4 Å². The summed E-state index contributed by atoms with van der Waals surface area (Å²) in [6.07, 6.45) is 5.07. The lowest BCUT2D eigenvalue weighted by Crippen LogP contribution is -2.36. The van der Waals surface area contributed by atoms with E-state index in [0.717, 1.165) is 21.1 Å². The van der Waals surface area contributed by atoms with Gasteiger partial charge in [-0.2, -0.15) is 4.37 Å². The van der Waals surface area contributed by atoms with E-state index in [4.69, 9.17) is 4.74 Å². The van der Waals surface area contributed by atoms with E-state index in [1.54, 1.807) is 24.4 Å². The third-order valence-corrected chi connectivity index (χ3v) is 6.41. The fourth-order valence-corrected chi connectivity index (χ4v) is 4.40. The Kier molecular flexibility index (Phi) is 6.27. The standard InChI is InChI=1S/C26H25FN6O2S/c1-26(2,3)25(34)28-10-12-33-11-9-19-23(33)24(30-15-29-19)32-16-7-8-21(18(27)13-16)35-20-5-4-6-22-17(20)14-31-36-22/h4-9,11,13-15H,10,12H2,1-3H3,(H,28,34)(H,29,30,32). The van der Waals surface area contributed by atoms with Gasteiger partial charge in [0.2, 0.25) is 5.91 Å². The van der Waals surface area contributed by atoms with E-state index >= 15 is 0 Å². The zero-order valence-electron chi connectivity index (χ0n) is 20.1. The van der Waals surface area contributed by atoms with E-state index < -0.39 is 11.2 Å². The monoisotopic (exact) mass is 504 g/mol. The van der Waals surface area contributed by atoms with Crippen LogP contribution in [0.2, 0.25) is 0 Å². The SMILES string of the molecule is CC(C)(C)C(=O)NCCn1ccc2ncnc(Nc3ccc(Oc4cccc5sncc45)c(F)c3)c21. The van der Waals surface area contributed by atoms with Crippen molar-refractivity contribution in [3.8, 4) is 11.5 Å². The minimum absolute atomic E-state index is 0.0159. The lowest BCUT2D eigenvalue weighted by atomic mass is 9.96. The van der Waals surface area contributed by atoms with Gasteiger partial charge in [0, 0.05) is 36.5 Å². The second-order valence-electron chi connectivity index (χ2n) is 9.34. The third-order valence-electron chi connectivity index (χ3n) is 5.64.